The van der Waals surface area contributed by atoms with E-state index in [0.29, 0.717) is 11.5 Å². The first kappa shape index (κ1) is 11.3. The van der Waals surface area contributed by atoms with Crippen LogP contribution in [0.25, 0.3) is 0 Å². The van der Waals surface area contributed by atoms with E-state index in [1.807, 2.05) is 0 Å². The molecule has 0 bridgehead atoms. The summed E-state index contributed by atoms with van der Waals surface area (Å²) in [7, 11) is 0. The molecule has 3 nitrogen and oxygen atoms in total. The number of hydrogen-bond acceptors (Lipinski definition) is 3. The van der Waals surface area contributed by atoms with Crippen LogP contribution in [0.1, 0.15) is 5.69 Å². The molecular formula is C12H10F2N2O. The van der Waals surface area contributed by atoms with Gasteiger partial charge in [-0.3, -0.25) is 0 Å². The van der Waals surface area contributed by atoms with Crippen LogP contribution in [0.4, 0.5) is 14.6 Å². The first-order valence-corrected chi connectivity index (χ1v) is 4.94. The minimum atomic E-state index is -0.615. The molecular weight excluding hydrogens is 226 g/mol. The number of ether oxygens (including phenoxy) is 1. The Labute approximate surface area is 96.9 Å². The zero-order chi connectivity index (χ0) is 12.3. The van der Waals surface area contributed by atoms with Gasteiger partial charge in [-0.05, 0) is 24.3 Å². The molecule has 0 aliphatic rings. The van der Waals surface area contributed by atoms with E-state index in [1.165, 1.54) is 0 Å². The number of hydrogen-bond donors (Lipinski definition) is 1. The lowest BCUT2D eigenvalue weighted by Gasteiger charge is -2.07. The van der Waals surface area contributed by atoms with Crippen molar-refractivity contribution in [3.63, 3.8) is 0 Å². The maximum Gasteiger partial charge on any atom is 0.165 e. The van der Waals surface area contributed by atoms with Gasteiger partial charge >= 0.3 is 0 Å². The van der Waals surface area contributed by atoms with Gasteiger partial charge in [-0.25, -0.2) is 13.8 Å². The van der Waals surface area contributed by atoms with E-state index in [4.69, 9.17) is 10.5 Å². The molecule has 2 rings (SSSR count). The van der Waals surface area contributed by atoms with Crippen LogP contribution in [-0.2, 0) is 6.61 Å². The molecule has 1 aromatic carbocycles. The molecule has 0 fully saturated rings. The fraction of sp³-hybridized carbons (Fsp3) is 0.0833. The van der Waals surface area contributed by atoms with Crippen molar-refractivity contribution >= 4 is 5.82 Å². The number of rotatable bonds is 3. The number of nitrogen functional groups attached to an aromatic ring is 1. The normalized spacial score (nSPS) is 10.2. The van der Waals surface area contributed by atoms with Gasteiger partial charge in [0.05, 0.1) is 5.69 Å². The third-order valence-electron chi connectivity index (χ3n) is 2.10. The van der Waals surface area contributed by atoms with Crippen LogP contribution in [0.3, 0.4) is 0 Å². The summed E-state index contributed by atoms with van der Waals surface area (Å²) in [5.74, 6) is -0.961. The first-order valence-electron chi connectivity index (χ1n) is 4.94. The number of aromatic nitrogens is 1. The Bertz CT molecular complexity index is 532. The topological polar surface area (TPSA) is 48.1 Å². The number of anilines is 1. The Morgan fingerprint density at radius 2 is 2.00 bits per heavy atom. The SMILES string of the molecule is Nc1cccc(COc2cc(F)ccc2F)n1. The molecule has 0 unspecified atom stereocenters. The van der Waals surface area contributed by atoms with Crippen molar-refractivity contribution in [1.29, 1.82) is 0 Å². The molecule has 0 atom stereocenters. The van der Waals surface area contributed by atoms with Crippen molar-refractivity contribution in [1.82, 2.24) is 4.98 Å². The first-order chi connectivity index (χ1) is 8.15. The minimum Gasteiger partial charge on any atom is -0.484 e. The highest BCUT2D eigenvalue weighted by Gasteiger charge is 2.05. The summed E-state index contributed by atoms with van der Waals surface area (Å²) in [6, 6.07) is 8.06. The summed E-state index contributed by atoms with van der Waals surface area (Å²) in [5.41, 5.74) is 6.03. The van der Waals surface area contributed by atoms with Gasteiger partial charge in [0.15, 0.2) is 11.6 Å². The standard InChI is InChI=1S/C12H10F2N2O/c13-8-4-5-10(14)11(6-8)17-7-9-2-1-3-12(15)16-9/h1-6H,7H2,(H2,15,16). The summed E-state index contributed by atoms with van der Waals surface area (Å²) in [6.07, 6.45) is 0. The van der Waals surface area contributed by atoms with Crippen LogP contribution >= 0.6 is 0 Å². The van der Waals surface area contributed by atoms with Crippen molar-refractivity contribution in [3.05, 3.63) is 53.7 Å². The van der Waals surface area contributed by atoms with Gasteiger partial charge in [0, 0.05) is 6.07 Å². The average Bonchev–Trinajstić information content (AvgIpc) is 2.30. The molecule has 0 saturated heterocycles. The molecule has 0 radical (unpaired) electrons. The lowest BCUT2D eigenvalue weighted by atomic mass is 10.3. The van der Waals surface area contributed by atoms with Crippen LogP contribution in [0, 0.1) is 11.6 Å². The highest BCUT2D eigenvalue weighted by Crippen LogP contribution is 2.19. The third kappa shape index (κ3) is 2.90. The Morgan fingerprint density at radius 3 is 2.76 bits per heavy atom. The van der Waals surface area contributed by atoms with E-state index in [9.17, 15) is 8.78 Å². The van der Waals surface area contributed by atoms with Gasteiger partial charge in [-0.1, -0.05) is 6.07 Å². The molecule has 1 heterocycles. The second kappa shape index (κ2) is 4.78. The molecule has 0 aliphatic carbocycles. The van der Waals surface area contributed by atoms with Gasteiger partial charge in [-0.15, -0.1) is 0 Å². The zero-order valence-corrected chi connectivity index (χ0v) is 8.86. The number of nitrogens with zero attached hydrogens (tertiary/aromatic N) is 1. The van der Waals surface area contributed by atoms with Gasteiger partial charge in [-0.2, -0.15) is 0 Å². The predicted octanol–water partition coefficient (Wildman–Crippen LogP) is 2.52. The van der Waals surface area contributed by atoms with E-state index in [1.54, 1.807) is 18.2 Å². The number of benzene rings is 1. The van der Waals surface area contributed by atoms with Gasteiger partial charge in [0.2, 0.25) is 0 Å². The molecule has 5 heteroatoms. The number of halogens is 2. The molecule has 2 N–H and O–H groups in total. The van der Waals surface area contributed by atoms with Crippen molar-refractivity contribution < 1.29 is 13.5 Å². The van der Waals surface area contributed by atoms with E-state index >= 15 is 0 Å². The average molecular weight is 236 g/mol. The van der Waals surface area contributed by atoms with Crippen molar-refractivity contribution in [3.8, 4) is 5.75 Å². The predicted molar refractivity (Wildman–Crippen MR) is 59.3 cm³/mol. The van der Waals surface area contributed by atoms with Crippen molar-refractivity contribution in [2.24, 2.45) is 0 Å². The van der Waals surface area contributed by atoms with Gasteiger partial charge in [0.25, 0.3) is 0 Å². The third-order valence-corrected chi connectivity index (χ3v) is 2.10. The smallest absolute Gasteiger partial charge is 0.165 e. The highest BCUT2D eigenvalue weighted by molar-refractivity contribution is 5.29. The Hall–Kier alpha value is -2.17. The molecule has 0 saturated carbocycles. The van der Waals surface area contributed by atoms with Crippen LogP contribution in [-0.4, -0.2) is 4.98 Å². The quantitative estimate of drug-likeness (QED) is 0.890. The molecule has 88 valence electrons. The highest BCUT2D eigenvalue weighted by atomic mass is 19.1. The molecule has 0 spiro atoms. The Kier molecular flexibility index (Phi) is 3.18. The van der Waals surface area contributed by atoms with Crippen molar-refractivity contribution in [2.45, 2.75) is 6.61 Å². The van der Waals surface area contributed by atoms with E-state index < -0.39 is 11.6 Å². The molecule has 1 aromatic heterocycles. The second-order valence-corrected chi connectivity index (χ2v) is 3.42. The monoisotopic (exact) mass is 236 g/mol. The van der Waals surface area contributed by atoms with Crippen LogP contribution in [0.2, 0.25) is 0 Å². The lowest BCUT2D eigenvalue weighted by Crippen LogP contribution is -2.01. The van der Waals surface area contributed by atoms with E-state index in [-0.39, 0.29) is 12.4 Å². The molecule has 0 amide bonds. The molecule has 17 heavy (non-hydrogen) atoms. The van der Waals surface area contributed by atoms with Crippen LogP contribution < -0.4 is 10.5 Å². The molecule has 0 aliphatic heterocycles. The Balaban J connectivity index is 2.09. The van der Waals surface area contributed by atoms with E-state index in [2.05, 4.69) is 4.98 Å². The number of nitrogens with two attached hydrogens (primary N) is 1. The maximum absolute atomic E-state index is 13.2. The minimum absolute atomic E-state index is 0.0331. The largest absolute Gasteiger partial charge is 0.484 e. The van der Waals surface area contributed by atoms with Crippen LogP contribution in [0.15, 0.2) is 36.4 Å². The molecule has 2 aromatic rings. The maximum atomic E-state index is 13.2. The summed E-state index contributed by atoms with van der Waals surface area (Å²) < 4.78 is 31.2. The second-order valence-electron chi connectivity index (χ2n) is 3.42. The summed E-state index contributed by atoms with van der Waals surface area (Å²) in [6.45, 7) is 0.0331. The van der Waals surface area contributed by atoms with Gasteiger partial charge in [0.1, 0.15) is 18.2 Å². The summed E-state index contributed by atoms with van der Waals surface area (Å²) >= 11 is 0. The zero-order valence-electron chi connectivity index (χ0n) is 8.86. The Morgan fingerprint density at radius 1 is 1.18 bits per heavy atom. The van der Waals surface area contributed by atoms with Gasteiger partial charge < -0.3 is 10.5 Å². The number of pyridine rings is 1. The summed E-state index contributed by atoms with van der Waals surface area (Å²) in [5, 5.41) is 0. The van der Waals surface area contributed by atoms with Crippen LogP contribution in [0.5, 0.6) is 5.75 Å². The fourth-order valence-electron chi connectivity index (χ4n) is 1.32. The lowest BCUT2D eigenvalue weighted by molar-refractivity contribution is 0.284. The van der Waals surface area contributed by atoms with E-state index in [0.717, 1.165) is 18.2 Å². The fourth-order valence-corrected chi connectivity index (χ4v) is 1.32. The summed E-state index contributed by atoms with van der Waals surface area (Å²) in [4.78, 5) is 3.98. The van der Waals surface area contributed by atoms with Crippen molar-refractivity contribution in [2.75, 3.05) is 5.73 Å².